The molecule has 1 aliphatic rings. The molecule has 0 bridgehead atoms. The van der Waals surface area contributed by atoms with Gasteiger partial charge in [-0.05, 0) is 25.5 Å². The number of thiazole rings is 1. The van der Waals surface area contributed by atoms with Crippen molar-refractivity contribution in [1.82, 2.24) is 9.47 Å². The number of nitrogens with one attached hydrogen (secondary N) is 1. The van der Waals surface area contributed by atoms with Crippen molar-refractivity contribution < 1.29 is 19.0 Å². The van der Waals surface area contributed by atoms with Crippen molar-refractivity contribution in [3.05, 3.63) is 67.7 Å². The van der Waals surface area contributed by atoms with Crippen LogP contribution in [-0.2, 0) is 20.8 Å². The van der Waals surface area contributed by atoms with E-state index in [0.29, 0.717) is 22.3 Å². The Morgan fingerprint density at radius 2 is 2.14 bits per heavy atom. The third kappa shape index (κ3) is 7.83. The summed E-state index contributed by atoms with van der Waals surface area (Å²) >= 11 is 1.08. The van der Waals surface area contributed by atoms with E-state index in [-0.39, 0.29) is 17.7 Å². The molecule has 0 saturated carbocycles. The highest BCUT2D eigenvalue weighted by molar-refractivity contribution is 7.07. The van der Waals surface area contributed by atoms with E-state index in [0.717, 1.165) is 61.2 Å². The Morgan fingerprint density at radius 1 is 1.35 bits per heavy atom. The number of carbonyl (C=O) groups excluding carboxylic acids is 1. The molecule has 2 heterocycles. The highest BCUT2D eigenvalue weighted by atomic mass is 32.1. The number of rotatable bonds is 10. The first-order chi connectivity index (χ1) is 18.0. The van der Waals surface area contributed by atoms with E-state index in [4.69, 9.17) is 14.2 Å². The molecule has 0 aliphatic carbocycles. The van der Waals surface area contributed by atoms with Gasteiger partial charge in [0, 0.05) is 44.1 Å². The molecule has 0 atom stereocenters. The number of hydrogen-bond acceptors (Lipinski definition) is 9. The maximum absolute atomic E-state index is 12.8. The Bertz CT molecular complexity index is 1420. The first-order valence-corrected chi connectivity index (χ1v) is 12.7. The number of aromatic nitrogens is 1. The highest BCUT2D eigenvalue weighted by Gasteiger charge is 2.11. The maximum atomic E-state index is 12.8. The summed E-state index contributed by atoms with van der Waals surface area (Å²) in [5.74, 6) is -0.0403. The van der Waals surface area contributed by atoms with E-state index in [1.165, 1.54) is 10.6 Å². The van der Waals surface area contributed by atoms with Gasteiger partial charge >= 0.3 is 5.97 Å². The minimum atomic E-state index is -0.823. The summed E-state index contributed by atoms with van der Waals surface area (Å²) in [5, 5.41) is 12.4. The van der Waals surface area contributed by atoms with Crippen molar-refractivity contribution >= 4 is 34.5 Å². The monoisotopic (exact) mass is 522 g/mol. The summed E-state index contributed by atoms with van der Waals surface area (Å²) in [6.07, 6.45) is 2.95. The normalized spacial score (nSPS) is 13.0. The SMILES string of the molecule is C=CCOC(=O)C(=C=c1sc(=C=CNc2ccc(C)c(OCCN3CCOCC3)c2)c(=O)n1CC)C#N. The van der Waals surface area contributed by atoms with E-state index in [2.05, 4.69) is 28.3 Å². The average Bonchev–Trinajstić information content (AvgIpc) is 3.21. The number of hydrogen-bond donors (Lipinski definition) is 1. The fourth-order valence-corrected chi connectivity index (χ4v) is 4.44. The lowest BCUT2D eigenvalue weighted by Gasteiger charge is -2.26. The van der Waals surface area contributed by atoms with Gasteiger partial charge in [0.2, 0.25) is 0 Å². The summed E-state index contributed by atoms with van der Waals surface area (Å²) in [7, 11) is 0. The molecule has 2 aromatic rings. The van der Waals surface area contributed by atoms with Crippen molar-refractivity contribution in [3.8, 4) is 11.8 Å². The number of ether oxygens (including phenoxy) is 3. The average molecular weight is 523 g/mol. The molecular weight excluding hydrogens is 492 g/mol. The Kier molecular flexibility index (Phi) is 10.5. The first-order valence-electron chi connectivity index (χ1n) is 11.9. The molecule has 0 unspecified atom stereocenters. The quantitative estimate of drug-likeness (QED) is 0.217. The van der Waals surface area contributed by atoms with Gasteiger partial charge in [-0.25, -0.2) is 4.79 Å². The van der Waals surface area contributed by atoms with E-state index >= 15 is 0 Å². The topological polar surface area (TPSA) is 106 Å². The summed E-state index contributed by atoms with van der Waals surface area (Å²) in [6, 6.07) is 7.55. The molecule has 9 nitrogen and oxygen atoms in total. The van der Waals surface area contributed by atoms with Crippen LogP contribution >= 0.6 is 11.3 Å². The number of nitrogens with zero attached hydrogens (tertiary/aromatic N) is 3. The Labute approximate surface area is 219 Å². The van der Waals surface area contributed by atoms with E-state index < -0.39 is 5.97 Å². The predicted octanol–water partition coefficient (Wildman–Crippen LogP) is 1.51. The molecule has 37 heavy (non-hydrogen) atoms. The van der Waals surface area contributed by atoms with E-state index in [1.54, 1.807) is 19.2 Å². The molecule has 1 N–H and O–H groups in total. The standard InChI is InChI=1S/C27H30N4O5S/c1-4-13-36-27(33)21(19-28)17-25-31(5-2)26(32)24(37-25)8-9-29-22-7-6-20(3)23(18-22)35-16-12-30-10-14-34-15-11-30/h4,6-7,9,18,29H,1,5,10-16H2,2-3H3. The lowest BCUT2D eigenvalue weighted by Crippen LogP contribution is -2.38. The van der Waals surface area contributed by atoms with Gasteiger partial charge in [0.25, 0.3) is 5.56 Å². The summed E-state index contributed by atoms with van der Waals surface area (Å²) < 4.78 is 18.3. The van der Waals surface area contributed by atoms with Crippen LogP contribution in [-0.4, -0.2) is 61.5 Å². The largest absolute Gasteiger partial charge is 0.492 e. The second-order valence-corrected chi connectivity index (χ2v) is 9.00. The van der Waals surface area contributed by atoms with Crippen LogP contribution in [0.4, 0.5) is 5.69 Å². The molecule has 0 spiro atoms. The van der Waals surface area contributed by atoms with Gasteiger partial charge in [0.15, 0.2) is 5.57 Å². The number of anilines is 1. The summed E-state index contributed by atoms with van der Waals surface area (Å²) in [4.78, 5) is 27.1. The van der Waals surface area contributed by atoms with Gasteiger partial charge in [0.05, 0.1) is 13.2 Å². The molecule has 1 saturated heterocycles. The number of nitriles is 1. The van der Waals surface area contributed by atoms with Crippen LogP contribution in [0.3, 0.4) is 0 Å². The van der Waals surface area contributed by atoms with Crippen molar-refractivity contribution in [2.45, 2.75) is 20.4 Å². The molecule has 194 valence electrons. The second-order valence-electron chi connectivity index (χ2n) is 8.00. The van der Waals surface area contributed by atoms with Crippen molar-refractivity contribution in [2.75, 3.05) is 51.4 Å². The van der Waals surface area contributed by atoms with E-state index in [9.17, 15) is 14.9 Å². The first kappa shape index (κ1) is 27.8. The summed E-state index contributed by atoms with van der Waals surface area (Å²) in [6.45, 7) is 12.3. The lowest BCUT2D eigenvalue weighted by atomic mass is 10.2. The van der Waals surface area contributed by atoms with Gasteiger partial charge in [-0.15, -0.1) is 0 Å². The molecule has 3 rings (SSSR count). The minimum Gasteiger partial charge on any atom is -0.492 e. The molecule has 1 aromatic carbocycles. The fraction of sp³-hybridized carbons (Fsp3) is 0.370. The highest BCUT2D eigenvalue weighted by Crippen LogP contribution is 2.22. The zero-order chi connectivity index (χ0) is 26.6. The van der Waals surface area contributed by atoms with Crippen LogP contribution in [0.5, 0.6) is 5.75 Å². The zero-order valence-corrected chi connectivity index (χ0v) is 21.9. The third-order valence-corrected chi connectivity index (χ3v) is 6.49. The molecule has 0 radical (unpaired) electrons. The number of morpholine rings is 1. The van der Waals surface area contributed by atoms with Crippen LogP contribution in [0, 0.1) is 18.3 Å². The van der Waals surface area contributed by atoms with Crippen LogP contribution < -0.4 is 24.8 Å². The van der Waals surface area contributed by atoms with Gasteiger partial charge in [-0.1, -0.05) is 41.5 Å². The Balaban J connectivity index is 1.81. The smallest absolute Gasteiger partial charge is 0.357 e. The molecule has 10 heteroatoms. The minimum absolute atomic E-state index is 0.0240. The maximum Gasteiger partial charge on any atom is 0.357 e. The van der Waals surface area contributed by atoms with Gasteiger partial charge < -0.3 is 19.5 Å². The fourth-order valence-electron chi connectivity index (χ4n) is 3.46. The number of benzene rings is 1. The van der Waals surface area contributed by atoms with Crippen LogP contribution in [0.25, 0.3) is 11.5 Å². The molecule has 1 aliphatic heterocycles. The van der Waals surface area contributed by atoms with Crippen LogP contribution in [0.2, 0.25) is 0 Å². The van der Waals surface area contributed by atoms with Crippen LogP contribution in [0.1, 0.15) is 12.5 Å². The third-order valence-electron chi connectivity index (χ3n) is 5.48. The molecule has 1 aromatic heterocycles. The van der Waals surface area contributed by atoms with Gasteiger partial charge in [-0.3, -0.25) is 14.3 Å². The predicted molar refractivity (Wildman–Crippen MR) is 143 cm³/mol. The summed E-state index contributed by atoms with van der Waals surface area (Å²) in [5.41, 5.74) is 6.87. The number of carbonyl (C=O) groups is 1. The van der Waals surface area contributed by atoms with Gasteiger partial charge in [-0.2, -0.15) is 5.26 Å². The van der Waals surface area contributed by atoms with Crippen molar-refractivity contribution in [2.24, 2.45) is 0 Å². The Hall–Kier alpha value is -3.83. The van der Waals surface area contributed by atoms with Crippen molar-refractivity contribution in [3.63, 3.8) is 0 Å². The van der Waals surface area contributed by atoms with E-state index in [1.807, 2.05) is 25.1 Å². The number of aryl methyl sites for hydroxylation is 1. The second kappa shape index (κ2) is 14.0. The number of esters is 1. The Morgan fingerprint density at radius 3 is 2.84 bits per heavy atom. The zero-order valence-electron chi connectivity index (χ0n) is 21.0. The van der Waals surface area contributed by atoms with Crippen molar-refractivity contribution in [1.29, 1.82) is 5.26 Å². The van der Waals surface area contributed by atoms with Gasteiger partial charge in [0.1, 0.15) is 34.2 Å². The molecule has 1 fully saturated rings. The lowest BCUT2D eigenvalue weighted by molar-refractivity contribution is -0.137. The van der Waals surface area contributed by atoms with Crippen LogP contribution in [0.15, 0.2) is 47.4 Å². The molecule has 0 amide bonds. The molecular formula is C27H30N4O5S.